The summed E-state index contributed by atoms with van der Waals surface area (Å²) >= 11 is 0. The van der Waals surface area contributed by atoms with Crippen molar-refractivity contribution in [3.8, 4) is 0 Å². The van der Waals surface area contributed by atoms with E-state index in [1.54, 1.807) is 19.1 Å². The number of carboxylic acid groups (broad SMARTS) is 2. The number of Topliss-reactive ketones (excluding diaryl/α,β-unsaturated/α-hetero) is 1. The number of aliphatic hydroxyl groups excluding tert-OH is 2. The molecule has 4 rings (SSSR count). The number of carbonyl (C=O) groups excluding carboxylic acids is 2. The third-order valence-corrected chi connectivity index (χ3v) is 8.56. The molecule has 9 heteroatoms. The van der Waals surface area contributed by atoms with Gasteiger partial charge in [0.1, 0.15) is 12.2 Å². The summed E-state index contributed by atoms with van der Waals surface area (Å²) in [5.41, 5.74) is -1.54. The van der Waals surface area contributed by atoms with E-state index in [9.17, 15) is 29.7 Å². The average molecular weight is 495 g/mol. The Bertz CT molecular complexity index is 918. The summed E-state index contributed by atoms with van der Waals surface area (Å²) in [5, 5.41) is 46.8. The third-order valence-electron chi connectivity index (χ3n) is 8.56. The maximum absolute atomic E-state index is 12.4. The van der Waals surface area contributed by atoms with Gasteiger partial charge >= 0.3 is 5.97 Å². The van der Waals surface area contributed by atoms with Gasteiger partial charge in [-0.05, 0) is 56.1 Å². The lowest BCUT2D eigenvalue weighted by Gasteiger charge is -2.59. The number of carboxylic acids is 2. The van der Waals surface area contributed by atoms with Crippen LogP contribution in [0.5, 0.6) is 0 Å². The van der Waals surface area contributed by atoms with Crippen molar-refractivity contribution in [1.29, 1.82) is 0 Å². The van der Waals surface area contributed by atoms with Crippen LogP contribution >= 0.6 is 0 Å². The number of fused-ring (bicyclic) bond motifs is 5. The molecule has 4 aliphatic carbocycles. The second kappa shape index (κ2) is 10.7. The summed E-state index contributed by atoms with van der Waals surface area (Å²) < 4.78 is 0. The number of aliphatic hydroxyl groups is 3. The Morgan fingerprint density at radius 3 is 2.23 bits per heavy atom. The van der Waals surface area contributed by atoms with Crippen LogP contribution in [0, 0.1) is 28.6 Å². The van der Waals surface area contributed by atoms with Gasteiger partial charge in [-0.3, -0.25) is 19.2 Å². The van der Waals surface area contributed by atoms with Crippen LogP contribution in [0.25, 0.3) is 0 Å². The van der Waals surface area contributed by atoms with Gasteiger partial charge in [0.2, 0.25) is 0 Å². The number of ketones is 2. The monoisotopic (exact) mass is 494 g/mol. The second-order valence-electron chi connectivity index (χ2n) is 10.5. The Labute approximate surface area is 205 Å². The second-order valence-corrected chi connectivity index (χ2v) is 10.5. The molecular formula is C26H38O9. The highest BCUT2D eigenvalue weighted by molar-refractivity contribution is 6.01. The van der Waals surface area contributed by atoms with E-state index in [-0.39, 0.29) is 35.4 Å². The molecule has 0 spiro atoms. The van der Waals surface area contributed by atoms with Crippen LogP contribution in [-0.2, 0) is 19.2 Å². The molecule has 7 atom stereocenters. The highest BCUT2D eigenvalue weighted by Crippen LogP contribution is 2.67. The van der Waals surface area contributed by atoms with Crippen LogP contribution in [-0.4, -0.2) is 67.3 Å². The first-order valence-corrected chi connectivity index (χ1v) is 12.1. The molecule has 0 radical (unpaired) electrons. The summed E-state index contributed by atoms with van der Waals surface area (Å²) in [6, 6.07) is 0. The van der Waals surface area contributed by atoms with E-state index >= 15 is 0 Å². The molecule has 0 aromatic carbocycles. The van der Waals surface area contributed by atoms with Crippen molar-refractivity contribution < 1.29 is 44.7 Å². The summed E-state index contributed by atoms with van der Waals surface area (Å²) in [5.74, 6) is -1.81. The van der Waals surface area contributed by atoms with Crippen LogP contribution in [0.15, 0.2) is 23.8 Å². The van der Waals surface area contributed by atoms with Crippen molar-refractivity contribution in [3.63, 3.8) is 0 Å². The van der Waals surface area contributed by atoms with Crippen molar-refractivity contribution in [1.82, 2.24) is 0 Å². The number of hydrogen-bond donors (Lipinski definition) is 5. The zero-order chi connectivity index (χ0) is 26.8. The van der Waals surface area contributed by atoms with Gasteiger partial charge in [0.15, 0.2) is 11.6 Å². The molecule has 0 bridgehead atoms. The van der Waals surface area contributed by atoms with Crippen molar-refractivity contribution in [3.05, 3.63) is 23.8 Å². The Balaban J connectivity index is 0.000000414. The summed E-state index contributed by atoms with van der Waals surface area (Å²) in [7, 11) is 0. The van der Waals surface area contributed by atoms with Gasteiger partial charge in [0.25, 0.3) is 5.97 Å². The van der Waals surface area contributed by atoms with Gasteiger partial charge in [0, 0.05) is 30.1 Å². The molecule has 0 saturated heterocycles. The van der Waals surface area contributed by atoms with Crippen molar-refractivity contribution in [2.75, 3.05) is 6.61 Å². The average Bonchev–Trinajstić information content (AvgIpc) is 3.04. The van der Waals surface area contributed by atoms with E-state index in [4.69, 9.17) is 15.0 Å². The van der Waals surface area contributed by atoms with Gasteiger partial charge in [-0.15, -0.1) is 0 Å². The molecule has 0 unspecified atom stereocenters. The molecule has 3 saturated carbocycles. The van der Waals surface area contributed by atoms with Crippen LogP contribution < -0.4 is 0 Å². The lowest BCUT2D eigenvalue weighted by Crippen LogP contribution is -2.61. The highest BCUT2D eigenvalue weighted by Gasteiger charge is 2.67. The minimum absolute atomic E-state index is 0.00912. The van der Waals surface area contributed by atoms with E-state index in [0.717, 1.165) is 31.8 Å². The Morgan fingerprint density at radius 2 is 1.71 bits per heavy atom. The maximum Gasteiger partial charge on any atom is 0.303 e. The molecule has 0 amide bonds. The summed E-state index contributed by atoms with van der Waals surface area (Å²) in [4.78, 5) is 42.5. The van der Waals surface area contributed by atoms with E-state index in [2.05, 4.69) is 6.92 Å². The first kappa shape index (κ1) is 28.9. The predicted octanol–water partition coefficient (Wildman–Crippen LogP) is 2.13. The van der Waals surface area contributed by atoms with Gasteiger partial charge in [-0.2, -0.15) is 0 Å². The first-order valence-electron chi connectivity index (χ1n) is 12.1. The van der Waals surface area contributed by atoms with Crippen LogP contribution in [0.3, 0.4) is 0 Å². The standard InChI is InChI=1S/C21H28O5.C3H6O2.C2H4O2/c1-19-7-5-13(23)9-12(19)3-4-14-15-6-8-21(26,17(25)11-22)20(15,2)10-16(24)18(14)19;1-2-3(4)5;1-2(3)4/h5,7,9,14-16,18,22,24,26H,3-4,6,8,10-11H2,1-2H3;2H2,1H3,(H,4,5);1H3,(H,3,4)/t14-,15-,16-,18+,19-,20-,21-;;/m0../s1. The van der Waals surface area contributed by atoms with Crippen LogP contribution in [0.2, 0.25) is 0 Å². The lowest BCUT2D eigenvalue weighted by atomic mass is 9.46. The number of aliphatic carboxylic acids is 2. The molecule has 4 aliphatic rings. The highest BCUT2D eigenvalue weighted by atomic mass is 16.4. The first-order chi connectivity index (χ1) is 16.2. The quantitative estimate of drug-likeness (QED) is 0.394. The number of allylic oxidation sites excluding steroid dienone is 4. The van der Waals surface area contributed by atoms with Gasteiger partial charge in [-0.1, -0.05) is 32.4 Å². The van der Waals surface area contributed by atoms with Gasteiger partial charge in [-0.25, -0.2) is 0 Å². The normalized spacial score (nSPS) is 38.8. The smallest absolute Gasteiger partial charge is 0.303 e. The topological polar surface area (TPSA) is 169 Å². The zero-order valence-corrected chi connectivity index (χ0v) is 20.9. The molecule has 3 fully saturated rings. The lowest BCUT2D eigenvalue weighted by molar-refractivity contribution is -0.178. The largest absolute Gasteiger partial charge is 0.481 e. The van der Waals surface area contributed by atoms with E-state index in [0.29, 0.717) is 12.8 Å². The number of rotatable bonds is 3. The van der Waals surface area contributed by atoms with E-state index < -0.39 is 41.4 Å². The molecular weight excluding hydrogens is 456 g/mol. The summed E-state index contributed by atoms with van der Waals surface area (Å²) in [6.07, 6.45) is 7.90. The molecule has 5 N–H and O–H groups in total. The molecule has 0 aromatic rings. The van der Waals surface area contributed by atoms with Crippen molar-refractivity contribution in [2.24, 2.45) is 28.6 Å². The minimum atomic E-state index is -1.56. The Kier molecular flexibility index (Phi) is 8.84. The fourth-order valence-corrected chi connectivity index (χ4v) is 6.92. The summed E-state index contributed by atoms with van der Waals surface area (Å²) in [6.45, 7) is 6.02. The van der Waals surface area contributed by atoms with Crippen LogP contribution in [0.4, 0.5) is 0 Å². The third kappa shape index (κ3) is 5.27. The molecule has 0 aliphatic heterocycles. The molecule has 9 nitrogen and oxygen atoms in total. The van der Waals surface area contributed by atoms with Crippen LogP contribution in [0.1, 0.15) is 66.2 Å². The zero-order valence-electron chi connectivity index (χ0n) is 20.9. The molecule has 0 aromatic heterocycles. The maximum atomic E-state index is 12.4. The predicted molar refractivity (Wildman–Crippen MR) is 126 cm³/mol. The van der Waals surface area contributed by atoms with E-state index in [1.807, 2.05) is 13.0 Å². The fourth-order valence-electron chi connectivity index (χ4n) is 6.92. The molecule has 35 heavy (non-hydrogen) atoms. The fraction of sp³-hybridized carbons (Fsp3) is 0.692. The molecule has 0 heterocycles. The van der Waals surface area contributed by atoms with Gasteiger partial charge in [0.05, 0.1) is 6.10 Å². The number of hydrogen-bond acceptors (Lipinski definition) is 7. The number of carbonyl (C=O) groups is 4. The van der Waals surface area contributed by atoms with Crippen molar-refractivity contribution >= 4 is 23.5 Å². The van der Waals surface area contributed by atoms with Crippen molar-refractivity contribution in [2.45, 2.75) is 77.9 Å². The van der Waals surface area contributed by atoms with Gasteiger partial charge < -0.3 is 25.5 Å². The molecule has 196 valence electrons. The SMILES string of the molecule is CC(=O)O.CCC(=O)O.C[C@]12C=CC(=O)C=C1CC[C@@H]1[C@@H]2[C@@H](O)C[C@@]2(C)[C@H]1CC[C@]2(O)C(=O)CO. The minimum Gasteiger partial charge on any atom is -0.481 e. The Hall–Kier alpha value is -2.36. The Morgan fingerprint density at radius 1 is 1.14 bits per heavy atom. The van der Waals surface area contributed by atoms with E-state index in [1.165, 1.54) is 0 Å².